The summed E-state index contributed by atoms with van der Waals surface area (Å²) in [6.07, 6.45) is 2.75. The van der Waals surface area contributed by atoms with E-state index in [9.17, 15) is 0 Å². The van der Waals surface area contributed by atoms with Crippen LogP contribution in [-0.4, -0.2) is 10.6 Å². The van der Waals surface area contributed by atoms with Gasteiger partial charge in [0.05, 0.1) is 4.05 Å². The number of hydrogen-bond donors (Lipinski definition) is 1. The minimum atomic E-state index is 0.740. The second-order valence-corrected chi connectivity index (χ2v) is 4.06. The molecule has 1 saturated heterocycles. The van der Waals surface area contributed by atoms with Gasteiger partial charge < -0.3 is 5.32 Å². The lowest BCUT2D eigenvalue weighted by Crippen LogP contribution is -2.33. The van der Waals surface area contributed by atoms with E-state index in [2.05, 4.69) is 34.8 Å². The maximum absolute atomic E-state index is 3.42. The van der Waals surface area contributed by atoms with Crippen molar-refractivity contribution >= 4 is 22.6 Å². The van der Waals surface area contributed by atoms with Gasteiger partial charge in [-0.2, -0.15) is 0 Å². The third kappa shape index (κ3) is 1.90. The van der Waals surface area contributed by atoms with Gasteiger partial charge in [-0.05, 0) is 25.3 Å². The van der Waals surface area contributed by atoms with Gasteiger partial charge >= 0.3 is 0 Å². The van der Waals surface area contributed by atoms with Crippen molar-refractivity contribution < 1.29 is 0 Å². The molecule has 2 atom stereocenters. The fourth-order valence-corrected chi connectivity index (χ4v) is 1.58. The molecular formula is C6H12IN. The van der Waals surface area contributed by atoms with Crippen LogP contribution in [0, 0.1) is 5.92 Å². The summed E-state index contributed by atoms with van der Waals surface area (Å²) in [6.45, 7) is 3.52. The lowest BCUT2D eigenvalue weighted by atomic mass is 10.0. The lowest BCUT2D eigenvalue weighted by Gasteiger charge is -2.23. The van der Waals surface area contributed by atoms with Crippen molar-refractivity contribution in [1.82, 2.24) is 5.32 Å². The van der Waals surface area contributed by atoms with Gasteiger partial charge in [-0.25, -0.2) is 0 Å². The van der Waals surface area contributed by atoms with E-state index in [0.29, 0.717) is 0 Å². The molecule has 0 aromatic heterocycles. The van der Waals surface area contributed by atoms with E-state index in [1.165, 1.54) is 19.4 Å². The quantitative estimate of drug-likeness (QED) is 0.376. The van der Waals surface area contributed by atoms with Crippen LogP contribution in [0.25, 0.3) is 0 Å². The Kier molecular flexibility index (Phi) is 2.56. The van der Waals surface area contributed by atoms with Crippen molar-refractivity contribution in [2.24, 2.45) is 5.92 Å². The fraction of sp³-hybridized carbons (Fsp3) is 1.00. The maximum atomic E-state index is 3.42. The molecule has 1 aliphatic heterocycles. The van der Waals surface area contributed by atoms with E-state index in [-0.39, 0.29) is 0 Å². The summed E-state index contributed by atoms with van der Waals surface area (Å²) in [6, 6.07) is 0. The van der Waals surface area contributed by atoms with E-state index in [4.69, 9.17) is 0 Å². The monoisotopic (exact) mass is 225 g/mol. The summed E-state index contributed by atoms with van der Waals surface area (Å²) in [7, 11) is 0. The first-order valence-corrected chi connectivity index (χ1v) is 4.41. The summed E-state index contributed by atoms with van der Waals surface area (Å²) >= 11 is 2.46. The van der Waals surface area contributed by atoms with Crippen LogP contribution in [0.3, 0.4) is 0 Å². The third-order valence-corrected chi connectivity index (χ3v) is 2.66. The molecule has 1 N–H and O–H groups in total. The number of nitrogens with one attached hydrogen (secondary N) is 1. The molecule has 1 fully saturated rings. The zero-order chi connectivity index (χ0) is 5.98. The fourth-order valence-electron chi connectivity index (χ4n) is 0.964. The molecular weight excluding hydrogens is 213 g/mol. The Labute approximate surface area is 64.4 Å². The van der Waals surface area contributed by atoms with Crippen LogP contribution in [0.2, 0.25) is 0 Å². The number of alkyl halides is 1. The number of hydrogen-bond acceptors (Lipinski definition) is 1. The summed E-state index contributed by atoms with van der Waals surface area (Å²) in [5.41, 5.74) is 0. The van der Waals surface area contributed by atoms with Crippen molar-refractivity contribution in [3.05, 3.63) is 0 Å². The molecule has 0 amide bonds. The van der Waals surface area contributed by atoms with Gasteiger partial charge in [-0.1, -0.05) is 29.5 Å². The minimum absolute atomic E-state index is 0.740. The third-order valence-electron chi connectivity index (χ3n) is 1.60. The molecule has 0 aromatic carbocycles. The predicted octanol–water partition coefficient (Wildman–Crippen LogP) is 1.77. The molecule has 0 saturated carbocycles. The summed E-state index contributed by atoms with van der Waals surface area (Å²) < 4.78 is 0.740. The first-order chi connectivity index (χ1) is 3.79. The standard InChI is InChI=1S/C6H12IN/c1-5-2-3-6(7)8-4-5/h5-6,8H,2-4H2,1H3/t5-,6-/m0/s1. The molecule has 1 aliphatic rings. The highest BCUT2D eigenvalue weighted by atomic mass is 127. The normalized spacial score (nSPS) is 39.8. The molecule has 48 valence electrons. The molecule has 0 spiro atoms. The second kappa shape index (κ2) is 3.01. The van der Waals surface area contributed by atoms with Crippen molar-refractivity contribution in [2.45, 2.75) is 23.8 Å². The summed E-state index contributed by atoms with van der Waals surface area (Å²) in [5, 5.41) is 3.42. The first kappa shape index (κ1) is 6.81. The van der Waals surface area contributed by atoms with E-state index in [1.807, 2.05) is 0 Å². The Morgan fingerprint density at radius 1 is 1.50 bits per heavy atom. The van der Waals surface area contributed by atoms with Crippen LogP contribution in [0.1, 0.15) is 19.8 Å². The SMILES string of the molecule is C[C@H]1CC[C@@H](I)NC1. The maximum Gasteiger partial charge on any atom is 0.0593 e. The smallest absolute Gasteiger partial charge is 0.0593 e. The van der Waals surface area contributed by atoms with E-state index < -0.39 is 0 Å². The molecule has 1 heterocycles. The predicted molar refractivity (Wildman–Crippen MR) is 44.2 cm³/mol. The van der Waals surface area contributed by atoms with Gasteiger partial charge in [0.1, 0.15) is 0 Å². The average molecular weight is 225 g/mol. The van der Waals surface area contributed by atoms with Crippen LogP contribution in [0.4, 0.5) is 0 Å². The molecule has 1 rings (SSSR count). The largest absolute Gasteiger partial charge is 0.305 e. The van der Waals surface area contributed by atoms with E-state index >= 15 is 0 Å². The molecule has 0 bridgehead atoms. The average Bonchev–Trinajstić information content (AvgIpc) is 1.77. The van der Waals surface area contributed by atoms with Crippen LogP contribution in [0.5, 0.6) is 0 Å². The Morgan fingerprint density at radius 3 is 2.62 bits per heavy atom. The Bertz CT molecular complexity index is 56.9. The molecule has 0 aliphatic carbocycles. The first-order valence-electron chi connectivity index (χ1n) is 3.16. The van der Waals surface area contributed by atoms with Gasteiger partial charge in [0, 0.05) is 0 Å². The molecule has 2 heteroatoms. The molecule has 0 radical (unpaired) electrons. The van der Waals surface area contributed by atoms with Crippen LogP contribution < -0.4 is 5.32 Å². The number of rotatable bonds is 0. The van der Waals surface area contributed by atoms with Crippen LogP contribution in [-0.2, 0) is 0 Å². The highest BCUT2D eigenvalue weighted by Gasteiger charge is 2.13. The van der Waals surface area contributed by atoms with E-state index in [1.54, 1.807) is 0 Å². The van der Waals surface area contributed by atoms with Gasteiger partial charge in [0.2, 0.25) is 0 Å². The molecule has 0 aromatic rings. The van der Waals surface area contributed by atoms with Crippen molar-refractivity contribution in [1.29, 1.82) is 0 Å². The van der Waals surface area contributed by atoms with Crippen LogP contribution in [0.15, 0.2) is 0 Å². The van der Waals surface area contributed by atoms with Crippen molar-refractivity contribution in [2.75, 3.05) is 6.54 Å². The summed E-state index contributed by atoms with van der Waals surface area (Å²) in [4.78, 5) is 0. The molecule has 1 nitrogen and oxygen atoms in total. The van der Waals surface area contributed by atoms with E-state index in [0.717, 1.165) is 9.97 Å². The molecule has 0 unspecified atom stereocenters. The van der Waals surface area contributed by atoms with Gasteiger partial charge in [0.25, 0.3) is 0 Å². The highest BCUT2D eigenvalue weighted by Crippen LogP contribution is 2.16. The van der Waals surface area contributed by atoms with Gasteiger partial charge in [-0.3, -0.25) is 0 Å². The molecule has 8 heavy (non-hydrogen) atoms. The van der Waals surface area contributed by atoms with Crippen molar-refractivity contribution in [3.8, 4) is 0 Å². The van der Waals surface area contributed by atoms with Gasteiger partial charge in [-0.15, -0.1) is 0 Å². The second-order valence-electron chi connectivity index (χ2n) is 2.56. The zero-order valence-electron chi connectivity index (χ0n) is 5.15. The zero-order valence-corrected chi connectivity index (χ0v) is 7.31. The Hall–Kier alpha value is 0.690. The highest BCUT2D eigenvalue weighted by molar-refractivity contribution is 14.1. The Morgan fingerprint density at radius 2 is 2.25 bits per heavy atom. The topological polar surface area (TPSA) is 12.0 Å². The van der Waals surface area contributed by atoms with Crippen molar-refractivity contribution in [3.63, 3.8) is 0 Å². The lowest BCUT2D eigenvalue weighted by molar-refractivity contribution is 0.395. The number of halogens is 1. The summed E-state index contributed by atoms with van der Waals surface area (Å²) in [5.74, 6) is 0.904. The Balaban J connectivity index is 2.19. The number of piperidine rings is 1. The van der Waals surface area contributed by atoms with Crippen LogP contribution >= 0.6 is 22.6 Å². The van der Waals surface area contributed by atoms with Gasteiger partial charge in [0.15, 0.2) is 0 Å². The minimum Gasteiger partial charge on any atom is -0.305 e.